The van der Waals surface area contributed by atoms with Crippen molar-refractivity contribution in [2.24, 2.45) is 20.0 Å². The summed E-state index contributed by atoms with van der Waals surface area (Å²) in [6.07, 6.45) is 4.85. The summed E-state index contributed by atoms with van der Waals surface area (Å²) in [4.78, 5) is 32.3. The second-order valence-electron chi connectivity index (χ2n) is 8.58. The lowest BCUT2D eigenvalue weighted by molar-refractivity contribution is 0.175. The van der Waals surface area contributed by atoms with Gasteiger partial charge in [-0.2, -0.15) is 0 Å². The Labute approximate surface area is 181 Å². The highest BCUT2D eigenvalue weighted by molar-refractivity contribution is 5.69. The van der Waals surface area contributed by atoms with Crippen molar-refractivity contribution < 1.29 is 4.74 Å². The fourth-order valence-corrected chi connectivity index (χ4v) is 4.29. The quantitative estimate of drug-likeness (QED) is 0.525. The van der Waals surface area contributed by atoms with Crippen molar-refractivity contribution in [3.63, 3.8) is 0 Å². The molecule has 8 nitrogen and oxygen atoms in total. The molecule has 2 aromatic heterocycles. The maximum absolute atomic E-state index is 12.9. The van der Waals surface area contributed by atoms with Crippen molar-refractivity contribution >= 4 is 11.2 Å². The third-order valence-electron chi connectivity index (χ3n) is 6.45. The molecule has 0 radical (unpaired) electrons. The first-order valence-corrected chi connectivity index (χ1v) is 10.9. The number of aryl methyl sites for hydroxylation is 2. The Bertz CT molecular complexity index is 1170. The number of nitrogens with zero attached hydrogens (tertiary/aromatic N) is 5. The van der Waals surface area contributed by atoms with Gasteiger partial charge in [0.1, 0.15) is 5.75 Å². The van der Waals surface area contributed by atoms with Crippen LogP contribution in [-0.2, 0) is 27.2 Å². The minimum absolute atomic E-state index is 0.268. The lowest BCUT2D eigenvalue weighted by Crippen LogP contribution is -2.41. The molecular weight excluding hydrogens is 394 g/mol. The van der Waals surface area contributed by atoms with E-state index in [0.29, 0.717) is 23.8 Å². The first-order valence-electron chi connectivity index (χ1n) is 10.9. The SMILES string of the molecule is COc1ccc(CN(CCCn2c(=O)c3c(ncn3C)n(C)c2=O)C(C)C2CC2)cc1. The van der Waals surface area contributed by atoms with E-state index in [1.165, 1.54) is 27.5 Å². The Hall–Kier alpha value is -2.87. The fraction of sp³-hybridized carbons (Fsp3) is 0.522. The summed E-state index contributed by atoms with van der Waals surface area (Å²) in [6.45, 7) is 4.34. The summed E-state index contributed by atoms with van der Waals surface area (Å²) in [6, 6.07) is 8.65. The number of rotatable bonds is 9. The Morgan fingerprint density at radius 2 is 1.90 bits per heavy atom. The second-order valence-corrected chi connectivity index (χ2v) is 8.58. The van der Waals surface area contributed by atoms with E-state index in [2.05, 4.69) is 28.9 Å². The Morgan fingerprint density at radius 1 is 1.19 bits per heavy atom. The van der Waals surface area contributed by atoms with Gasteiger partial charge in [-0.05, 0) is 49.8 Å². The largest absolute Gasteiger partial charge is 0.497 e. The first-order chi connectivity index (χ1) is 14.9. The topological polar surface area (TPSA) is 74.3 Å². The number of methoxy groups -OCH3 is 1. The van der Waals surface area contributed by atoms with Crippen LogP contribution in [0.25, 0.3) is 11.2 Å². The maximum Gasteiger partial charge on any atom is 0.332 e. The van der Waals surface area contributed by atoms with Crippen LogP contribution in [0.5, 0.6) is 5.75 Å². The highest BCUT2D eigenvalue weighted by Gasteiger charge is 2.31. The van der Waals surface area contributed by atoms with Gasteiger partial charge in [-0.1, -0.05) is 12.1 Å². The van der Waals surface area contributed by atoms with Crippen LogP contribution < -0.4 is 16.0 Å². The molecule has 166 valence electrons. The van der Waals surface area contributed by atoms with Gasteiger partial charge >= 0.3 is 5.69 Å². The monoisotopic (exact) mass is 425 g/mol. The Morgan fingerprint density at radius 3 is 2.55 bits per heavy atom. The van der Waals surface area contributed by atoms with Crippen molar-refractivity contribution in [1.82, 2.24) is 23.6 Å². The van der Waals surface area contributed by atoms with Gasteiger partial charge in [-0.25, -0.2) is 9.78 Å². The minimum atomic E-state index is -0.312. The van der Waals surface area contributed by atoms with Gasteiger partial charge in [-0.15, -0.1) is 0 Å². The highest BCUT2D eigenvalue weighted by atomic mass is 16.5. The molecule has 1 aliphatic carbocycles. The molecule has 0 spiro atoms. The van der Waals surface area contributed by atoms with Crippen molar-refractivity contribution in [2.45, 2.75) is 45.3 Å². The van der Waals surface area contributed by atoms with Crippen molar-refractivity contribution in [3.8, 4) is 5.75 Å². The van der Waals surface area contributed by atoms with Crippen LogP contribution in [0.3, 0.4) is 0 Å². The minimum Gasteiger partial charge on any atom is -0.497 e. The van der Waals surface area contributed by atoms with E-state index in [9.17, 15) is 9.59 Å². The molecule has 3 aromatic rings. The molecule has 1 aromatic carbocycles. The lowest BCUT2D eigenvalue weighted by Gasteiger charge is -2.29. The van der Waals surface area contributed by atoms with Crippen molar-refractivity contribution in [1.29, 1.82) is 0 Å². The Kier molecular flexibility index (Phi) is 6.00. The zero-order valence-corrected chi connectivity index (χ0v) is 18.7. The van der Waals surface area contributed by atoms with Gasteiger partial charge in [0, 0.05) is 39.8 Å². The van der Waals surface area contributed by atoms with E-state index in [-0.39, 0.29) is 11.2 Å². The zero-order valence-electron chi connectivity index (χ0n) is 18.7. The van der Waals surface area contributed by atoms with Gasteiger partial charge < -0.3 is 9.30 Å². The predicted octanol–water partition coefficient (Wildman–Crippen LogP) is 2.13. The third kappa shape index (κ3) is 4.30. The van der Waals surface area contributed by atoms with E-state index in [0.717, 1.165) is 31.2 Å². The average molecular weight is 426 g/mol. The number of hydrogen-bond acceptors (Lipinski definition) is 5. The standard InChI is InChI=1S/C23H31N5O3/c1-16(18-8-9-18)27(14-17-6-10-19(31-4)11-7-17)12-5-13-28-22(29)20-21(24-15-25(20)2)26(3)23(28)30/h6-7,10-11,15-16,18H,5,8-9,12-14H2,1-4H3. The van der Waals surface area contributed by atoms with Gasteiger partial charge in [0.25, 0.3) is 5.56 Å². The molecule has 1 atom stereocenters. The molecule has 31 heavy (non-hydrogen) atoms. The maximum atomic E-state index is 12.9. The molecule has 2 heterocycles. The van der Waals surface area contributed by atoms with Crippen LogP contribution in [0.1, 0.15) is 31.7 Å². The molecule has 0 amide bonds. The van der Waals surface area contributed by atoms with Gasteiger partial charge in [0.05, 0.1) is 13.4 Å². The molecule has 8 heteroatoms. The van der Waals surface area contributed by atoms with Gasteiger partial charge in [0.15, 0.2) is 11.2 Å². The van der Waals surface area contributed by atoms with Crippen LogP contribution in [0, 0.1) is 5.92 Å². The molecule has 0 N–H and O–H groups in total. The Balaban J connectivity index is 1.50. The number of imidazole rings is 1. The number of aromatic nitrogens is 4. The summed E-state index contributed by atoms with van der Waals surface area (Å²) >= 11 is 0. The number of hydrogen-bond donors (Lipinski definition) is 0. The van der Waals surface area contributed by atoms with Gasteiger partial charge in [-0.3, -0.25) is 18.8 Å². The van der Waals surface area contributed by atoms with E-state index >= 15 is 0 Å². The summed E-state index contributed by atoms with van der Waals surface area (Å²) in [7, 11) is 5.11. The lowest BCUT2D eigenvalue weighted by atomic mass is 10.1. The van der Waals surface area contributed by atoms with Crippen molar-refractivity contribution in [3.05, 3.63) is 57.0 Å². The molecule has 0 aliphatic heterocycles. The molecule has 1 aliphatic rings. The van der Waals surface area contributed by atoms with Crippen LogP contribution in [0.4, 0.5) is 0 Å². The molecule has 1 unspecified atom stereocenters. The zero-order chi connectivity index (χ0) is 22.1. The third-order valence-corrected chi connectivity index (χ3v) is 6.45. The number of benzene rings is 1. The number of ether oxygens (including phenoxy) is 1. The average Bonchev–Trinajstić information content (AvgIpc) is 3.55. The molecule has 1 saturated carbocycles. The molecule has 4 rings (SSSR count). The summed E-state index contributed by atoms with van der Waals surface area (Å²) < 4.78 is 9.75. The molecule has 0 saturated heterocycles. The molecule has 1 fully saturated rings. The summed E-state index contributed by atoms with van der Waals surface area (Å²) in [5, 5.41) is 0. The van der Waals surface area contributed by atoms with Crippen LogP contribution in [0.15, 0.2) is 40.2 Å². The predicted molar refractivity (Wildman–Crippen MR) is 120 cm³/mol. The van der Waals surface area contributed by atoms with E-state index in [1.807, 2.05) is 12.1 Å². The second kappa shape index (κ2) is 8.70. The first kappa shape index (κ1) is 21.4. The molecular formula is C23H31N5O3. The van der Waals surface area contributed by atoms with E-state index < -0.39 is 0 Å². The fourth-order valence-electron chi connectivity index (χ4n) is 4.29. The summed E-state index contributed by atoms with van der Waals surface area (Å²) in [5.74, 6) is 1.59. The number of fused-ring (bicyclic) bond motifs is 1. The van der Waals surface area contributed by atoms with Crippen LogP contribution in [0.2, 0.25) is 0 Å². The van der Waals surface area contributed by atoms with Crippen LogP contribution >= 0.6 is 0 Å². The summed E-state index contributed by atoms with van der Waals surface area (Å²) in [5.41, 5.74) is 1.54. The van der Waals surface area contributed by atoms with E-state index in [1.54, 1.807) is 32.1 Å². The highest BCUT2D eigenvalue weighted by Crippen LogP contribution is 2.35. The van der Waals surface area contributed by atoms with Crippen LogP contribution in [-0.4, -0.2) is 43.3 Å². The molecule has 0 bridgehead atoms. The smallest absolute Gasteiger partial charge is 0.332 e. The normalized spacial score (nSPS) is 15.0. The van der Waals surface area contributed by atoms with Gasteiger partial charge in [0.2, 0.25) is 0 Å². The van der Waals surface area contributed by atoms with E-state index in [4.69, 9.17) is 4.74 Å². The van der Waals surface area contributed by atoms with Crippen molar-refractivity contribution in [2.75, 3.05) is 13.7 Å².